The lowest BCUT2D eigenvalue weighted by atomic mass is 9.73. The summed E-state index contributed by atoms with van der Waals surface area (Å²) in [6.07, 6.45) is -2.73. The lowest BCUT2D eigenvalue weighted by molar-refractivity contribution is -0.192. The number of ketones is 1. The van der Waals surface area contributed by atoms with Crippen molar-refractivity contribution in [2.45, 2.75) is 111 Å². The summed E-state index contributed by atoms with van der Waals surface area (Å²) in [6, 6.07) is 0. The van der Waals surface area contributed by atoms with Crippen molar-refractivity contribution in [3.8, 4) is 0 Å². The molecule has 0 aromatic heterocycles. The second-order valence-corrected chi connectivity index (χ2v) is 12.2. The molecule has 1 fully saturated rings. The number of ether oxygens (including phenoxy) is 2. The van der Waals surface area contributed by atoms with Crippen LogP contribution in [0.1, 0.15) is 80.6 Å². The van der Waals surface area contributed by atoms with Gasteiger partial charge in [-0.25, -0.2) is 0 Å². The Balaban J connectivity index is 2.47. The molecule has 3 unspecified atom stereocenters. The van der Waals surface area contributed by atoms with E-state index in [0.717, 1.165) is 6.42 Å². The average molecular weight is 574 g/mol. The van der Waals surface area contributed by atoms with Gasteiger partial charge >= 0.3 is 12.1 Å². The molecule has 0 amide bonds. The van der Waals surface area contributed by atoms with Gasteiger partial charge in [-0.3, -0.25) is 9.59 Å². The molecule has 4 N–H and O–H groups in total. The van der Waals surface area contributed by atoms with Crippen LogP contribution in [0, 0.1) is 28.6 Å². The molecular formula is C30H46F3NO6. The highest BCUT2D eigenvalue weighted by Gasteiger charge is 2.69. The first kappa shape index (κ1) is 33.9. The number of cyclic esters (lactones) is 1. The molecule has 2 rings (SSSR count). The fraction of sp³-hybridized carbons (Fsp3) is 0.733. The molecule has 10 heteroatoms. The molecule has 0 bridgehead atoms. The van der Waals surface area contributed by atoms with Crippen LogP contribution in [0.3, 0.4) is 0 Å². The minimum Gasteiger partial charge on any atom is -0.496 e. The molecule has 0 aromatic carbocycles. The van der Waals surface area contributed by atoms with Crippen LogP contribution in [-0.2, 0) is 19.1 Å². The predicted octanol–water partition coefficient (Wildman–Crippen LogP) is 5.36. The van der Waals surface area contributed by atoms with Gasteiger partial charge in [0.2, 0.25) is 0 Å². The van der Waals surface area contributed by atoms with Crippen molar-refractivity contribution in [3.63, 3.8) is 0 Å². The van der Waals surface area contributed by atoms with E-state index in [-0.39, 0.29) is 31.1 Å². The molecule has 7 nitrogen and oxygen atoms in total. The first-order chi connectivity index (χ1) is 18.4. The van der Waals surface area contributed by atoms with Gasteiger partial charge in [0.1, 0.15) is 18.1 Å². The van der Waals surface area contributed by atoms with Gasteiger partial charge in [-0.15, -0.1) is 0 Å². The zero-order valence-corrected chi connectivity index (χ0v) is 24.6. The van der Waals surface area contributed by atoms with Gasteiger partial charge in [-0.05, 0) is 57.1 Å². The summed E-state index contributed by atoms with van der Waals surface area (Å²) in [4.78, 5) is 26.2. The van der Waals surface area contributed by atoms with Gasteiger partial charge < -0.3 is 25.4 Å². The van der Waals surface area contributed by atoms with E-state index in [1.165, 1.54) is 45.3 Å². The number of carbonyl (C=O) groups excluding carboxylic acids is 2. The van der Waals surface area contributed by atoms with Crippen LogP contribution in [0.4, 0.5) is 13.2 Å². The molecule has 1 aliphatic heterocycles. The number of aliphatic hydroxyl groups is 2. The fourth-order valence-corrected chi connectivity index (χ4v) is 5.26. The molecule has 0 radical (unpaired) electrons. The highest BCUT2D eigenvalue weighted by atomic mass is 19.4. The van der Waals surface area contributed by atoms with Gasteiger partial charge in [-0.1, -0.05) is 46.8 Å². The van der Waals surface area contributed by atoms with Crippen molar-refractivity contribution in [3.05, 3.63) is 35.8 Å². The quantitative estimate of drug-likeness (QED) is 0.175. The second-order valence-electron chi connectivity index (χ2n) is 12.2. The largest absolute Gasteiger partial charge is 0.496 e. The molecule has 0 saturated heterocycles. The van der Waals surface area contributed by atoms with Gasteiger partial charge in [0.05, 0.1) is 41.3 Å². The minimum absolute atomic E-state index is 0.0845. The first-order valence-electron chi connectivity index (χ1n) is 14.0. The van der Waals surface area contributed by atoms with E-state index in [1.807, 2.05) is 13.8 Å². The molecule has 0 spiro atoms. The number of rotatable bonds is 5. The van der Waals surface area contributed by atoms with E-state index in [2.05, 4.69) is 0 Å². The maximum Gasteiger partial charge on any atom is 0.395 e. The number of aliphatic hydroxyl groups excluding tert-OH is 2. The normalized spacial score (nSPS) is 36.3. The van der Waals surface area contributed by atoms with Crippen LogP contribution < -0.4 is 5.73 Å². The topological polar surface area (TPSA) is 119 Å². The van der Waals surface area contributed by atoms with Crippen molar-refractivity contribution in [2.75, 3.05) is 0 Å². The standard InChI is InChI=1S/C30H46F3NO6/c1-8-19(4)39-16-22(34)12-18(3)23-13-21-15-29(21,30(31,32)33)11-9-10-17(2)26(37)20(5)27(38)28(6,7)24(35)14-25(36)40-23/h9-10,12,16-17,19-21,23-24,26,35,37H,8,11,13-15,34H2,1-7H3/b10-9+,18-12+,22-16-/t17-,19?,20+,21?,23-,24-,26-,29?/m0/s1. The van der Waals surface area contributed by atoms with Crippen LogP contribution >= 0.6 is 0 Å². The monoisotopic (exact) mass is 573 g/mol. The van der Waals surface area contributed by atoms with Gasteiger partial charge in [-0.2, -0.15) is 13.2 Å². The zero-order valence-electron chi connectivity index (χ0n) is 24.6. The fourth-order valence-electron chi connectivity index (χ4n) is 5.26. The molecule has 40 heavy (non-hydrogen) atoms. The number of fused-ring (bicyclic) bond motifs is 1. The summed E-state index contributed by atoms with van der Waals surface area (Å²) in [5, 5.41) is 21.6. The maximum absolute atomic E-state index is 14.3. The number of hydrogen-bond donors (Lipinski definition) is 3. The Labute approximate surface area is 235 Å². The molecule has 2 aliphatic rings. The number of alkyl halides is 3. The Bertz CT molecular complexity index is 1000. The van der Waals surface area contributed by atoms with Crippen LogP contribution in [0.15, 0.2) is 35.8 Å². The molecule has 1 aliphatic carbocycles. The Hall–Kier alpha value is -2.33. The van der Waals surface area contributed by atoms with E-state index >= 15 is 0 Å². The third-order valence-corrected chi connectivity index (χ3v) is 8.70. The van der Waals surface area contributed by atoms with E-state index in [0.29, 0.717) is 5.57 Å². The molecule has 1 saturated carbocycles. The van der Waals surface area contributed by atoms with E-state index in [1.54, 1.807) is 13.8 Å². The third kappa shape index (κ3) is 7.90. The summed E-state index contributed by atoms with van der Waals surface area (Å²) in [6.45, 7) is 11.6. The molecule has 8 atom stereocenters. The number of carbonyl (C=O) groups is 2. The Morgan fingerprint density at radius 1 is 1.27 bits per heavy atom. The van der Waals surface area contributed by atoms with E-state index in [9.17, 15) is 33.0 Å². The highest BCUT2D eigenvalue weighted by Crippen LogP contribution is 2.66. The predicted molar refractivity (Wildman–Crippen MR) is 145 cm³/mol. The number of halogens is 3. The van der Waals surface area contributed by atoms with Crippen molar-refractivity contribution >= 4 is 11.8 Å². The van der Waals surface area contributed by atoms with Crippen LogP contribution in [0.25, 0.3) is 0 Å². The number of allylic oxidation sites excluding steroid dienone is 2. The van der Waals surface area contributed by atoms with Crippen molar-refractivity contribution in [1.82, 2.24) is 0 Å². The van der Waals surface area contributed by atoms with Crippen LogP contribution in [0.2, 0.25) is 0 Å². The van der Waals surface area contributed by atoms with Crippen LogP contribution in [-0.4, -0.2) is 52.6 Å². The van der Waals surface area contributed by atoms with Crippen molar-refractivity contribution in [2.24, 2.45) is 34.3 Å². The van der Waals surface area contributed by atoms with E-state index in [4.69, 9.17) is 15.2 Å². The molecular weight excluding hydrogens is 527 g/mol. The highest BCUT2D eigenvalue weighted by molar-refractivity contribution is 5.88. The number of hydrogen-bond acceptors (Lipinski definition) is 7. The maximum atomic E-state index is 14.3. The van der Waals surface area contributed by atoms with Gasteiger partial charge in [0.15, 0.2) is 0 Å². The SMILES string of the molecule is CCC(C)O/C=C(N)/C=C(\C)[C@@H]1CC2CC2(C(F)(F)F)C/C=C/[C@H](C)[C@H](O)[C@@H](C)C(=O)C(C)(C)[C@@H](O)CC(=O)O1. The summed E-state index contributed by atoms with van der Waals surface area (Å²) in [5.74, 6) is -3.65. The number of nitrogens with two attached hydrogens (primary N) is 1. The summed E-state index contributed by atoms with van der Waals surface area (Å²) >= 11 is 0. The minimum atomic E-state index is -4.49. The van der Waals surface area contributed by atoms with Crippen LogP contribution in [0.5, 0.6) is 0 Å². The summed E-state index contributed by atoms with van der Waals surface area (Å²) < 4.78 is 54.0. The molecule has 0 aromatic rings. The lowest BCUT2D eigenvalue weighted by Gasteiger charge is -2.34. The van der Waals surface area contributed by atoms with E-state index < -0.39 is 71.2 Å². The average Bonchev–Trinajstić information content (AvgIpc) is 3.58. The lowest BCUT2D eigenvalue weighted by Crippen LogP contribution is -2.45. The van der Waals surface area contributed by atoms with Gasteiger partial charge in [0, 0.05) is 11.8 Å². The second kappa shape index (κ2) is 13.1. The number of Topliss-reactive ketones (excluding diaryl/α,β-unsaturated/α-hetero) is 1. The Morgan fingerprint density at radius 2 is 1.90 bits per heavy atom. The van der Waals surface area contributed by atoms with Gasteiger partial charge in [0.25, 0.3) is 0 Å². The summed E-state index contributed by atoms with van der Waals surface area (Å²) in [7, 11) is 0. The Morgan fingerprint density at radius 3 is 2.48 bits per heavy atom. The zero-order chi connectivity index (χ0) is 30.6. The smallest absolute Gasteiger partial charge is 0.395 e. The first-order valence-corrected chi connectivity index (χ1v) is 14.0. The molecule has 228 valence electrons. The summed E-state index contributed by atoms with van der Waals surface area (Å²) in [5.41, 5.74) is 3.32. The van der Waals surface area contributed by atoms with Crippen molar-refractivity contribution in [1.29, 1.82) is 0 Å². The number of esters is 1. The third-order valence-electron chi connectivity index (χ3n) is 8.70. The Kier molecular flexibility index (Phi) is 11.1. The molecule has 1 heterocycles. The van der Waals surface area contributed by atoms with Crippen molar-refractivity contribution < 1.29 is 42.4 Å².